The predicted molar refractivity (Wildman–Crippen MR) is 115 cm³/mol. The third kappa shape index (κ3) is 4.87. The van der Waals surface area contributed by atoms with E-state index in [4.69, 9.17) is 11.6 Å². The molecule has 4 rings (SSSR count). The van der Waals surface area contributed by atoms with Crippen molar-refractivity contribution in [3.05, 3.63) is 64.7 Å². The number of anilines is 1. The predicted octanol–water partition coefficient (Wildman–Crippen LogP) is 4.67. The Bertz CT molecular complexity index is 789. The van der Waals surface area contributed by atoms with Crippen molar-refractivity contribution in [3.8, 4) is 0 Å². The van der Waals surface area contributed by atoms with Crippen LogP contribution in [0.1, 0.15) is 23.5 Å². The van der Waals surface area contributed by atoms with Crippen LogP contribution in [0.4, 0.5) is 5.69 Å². The van der Waals surface area contributed by atoms with E-state index in [-0.39, 0.29) is 17.7 Å². The first kappa shape index (κ1) is 18.9. The largest absolute Gasteiger partial charge is 0.326 e. The Labute approximate surface area is 170 Å². The molecule has 2 fully saturated rings. The van der Waals surface area contributed by atoms with Gasteiger partial charge in [0.25, 0.3) is 0 Å². The van der Waals surface area contributed by atoms with Crippen molar-refractivity contribution in [2.45, 2.75) is 18.8 Å². The molecule has 1 saturated heterocycles. The first-order valence-corrected chi connectivity index (χ1v) is 11.2. The summed E-state index contributed by atoms with van der Waals surface area (Å²) in [7, 11) is 0. The lowest BCUT2D eigenvalue weighted by molar-refractivity contribution is -0.117. The smallest absolute Gasteiger partial charge is 0.228 e. The minimum atomic E-state index is 0.0292. The van der Waals surface area contributed by atoms with E-state index < -0.39 is 0 Å². The molecule has 2 atom stereocenters. The van der Waals surface area contributed by atoms with Crippen LogP contribution in [0.2, 0.25) is 5.02 Å². The molecule has 2 aromatic carbocycles. The molecule has 1 aliphatic heterocycles. The van der Waals surface area contributed by atoms with Gasteiger partial charge in [-0.25, -0.2) is 0 Å². The highest BCUT2D eigenvalue weighted by atomic mass is 35.5. The summed E-state index contributed by atoms with van der Waals surface area (Å²) in [6, 6.07) is 16.1. The topological polar surface area (TPSA) is 32.3 Å². The van der Waals surface area contributed by atoms with Crippen molar-refractivity contribution < 1.29 is 4.79 Å². The Kier molecular flexibility index (Phi) is 6.06. The van der Waals surface area contributed by atoms with E-state index in [1.165, 1.54) is 30.2 Å². The molecular formula is C22H25ClN2OS. The fourth-order valence-corrected chi connectivity index (χ4v) is 4.96. The van der Waals surface area contributed by atoms with Gasteiger partial charge in [-0.15, -0.1) is 0 Å². The van der Waals surface area contributed by atoms with Gasteiger partial charge >= 0.3 is 0 Å². The van der Waals surface area contributed by atoms with Crippen molar-refractivity contribution >= 4 is 35.0 Å². The number of hydrogen-bond acceptors (Lipinski definition) is 3. The SMILES string of the molecule is O=C(Nc1ccc(CCN2CCSCC2)cc1)C1CC1c1ccccc1Cl. The average molecular weight is 401 g/mol. The quantitative estimate of drug-likeness (QED) is 0.764. The second-order valence-electron chi connectivity index (χ2n) is 7.36. The van der Waals surface area contributed by atoms with Crippen LogP contribution in [0.15, 0.2) is 48.5 Å². The maximum absolute atomic E-state index is 12.5. The molecule has 2 aliphatic rings. The first-order valence-electron chi connectivity index (χ1n) is 9.65. The molecule has 1 N–H and O–H groups in total. The third-order valence-electron chi connectivity index (χ3n) is 5.47. The Balaban J connectivity index is 1.27. The fourth-order valence-electron chi connectivity index (χ4n) is 3.71. The monoisotopic (exact) mass is 400 g/mol. The molecule has 2 unspecified atom stereocenters. The molecule has 0 aromatic heterocycles. The highest BCUT2D eigenvalue weighted by Gasteiger charge is 2.44. The van der Waals surface area contributed by atoms with Crippen LogP contribution in [0.25, 0.3) is 0 Å². The molecule has 3 nitrogen and oxygen atoms in total. The summed E-state index contributed by atoms with van der Waals surface area (Å²) in [5, 5.41) is 3.82. The number of thioether (sulfide) groups is 1. The second kappa shape index (κ2) is 8.68. The average Bonchev–Trinajstić information content (AvgIpc) is 3.49. The van der Waals surface area contributed by atoms with Crippen LogP contribution in [0.3, 0.4) is 0 Å². The summed E-state index contributed by atoms with van der Waals surface area (Å²) in [5.41, 5.74) is 3.29. The zero-order chi connectivity index (χ0) is 18.6. The van der Waals surface area contributed by atoms with Crippen LogP contribution in [-0.4, -0.2) is 41.9 Å². The molecule has 0 radical (unpaired) electrons. The number of carbonyl (C=O) groups is 1. The Hall–Kier alpha value is -1.49. The second-order valence-corrected chi connectivity index (χ2v) is 8.99. The van der Waals surface area contributed by atoms with Gasteiger partial charge in [0.1, 0.15) is 0 Å². The van der Waals surface area contributed by atoms with Gasteiger partial charge in [0.15, 0.2) is 0 Å². The van der Waals surface area contributed by atoms with Crippen molar-refractivity contribution in [3.63, 3.8) is 0 Å². The lowest BCUT2D eigenvalue weighted by Crippen LogP contribution is -2.34. The van der Waals surface area contributed by atoms with Crippen molar-refractivity contribution in [2.75, 3.05) is 36.5 Å². The summed E-state index contributed by atoms with van der Waals surface area (Å²) >= 11 is 8.30. The van der Waals surface area contributed by atoms with Crippen molar-refractivity contribution in [1.82, 2.24) is 4.90 Å². The van der Waals surface area contributed by atoms with E-state index in [9.17, 15) is 4.79 Å². The Morgan fingerprint density at radius 2 is 1.85 bits per heavy atom. The van der Waals surface area contributed by atoms with Gasteiger partial charge in [0, 0.05) is 47.8 Å². The normalized spacial score (nSPS) is 22.4. The molecule has 142 valence electrons. The molecule has 1 heterocycles. The number of halogens is 1. The van der Waals surface area contributed by atoms with Gasteiger partial charge in [0.05, 0.1) is 0 Å². The maximum Gasteiger partial charge on any atom is 0.228 e. The molecular weight excluding hydrogens is 376 g/mol. The number of rotatable bonds is 6. The Morgan fingerprint density at radius 1 is 1.11 bits per heavy atom. The number of nitrogens with zero attached hydrogens (tertiary/aromatic N) is 1. The molecule has 2 aromatic rings. The van der Waals surface area contributed by atoms with Gasteiger partial charge < -0.3 is 10.2 Å². The maximum atomic E-state index is 12.5. The summed E-state index contributed by atoms with van der Waals surface area (Å²) in [6.07, 6.45) is 1.94. The zero-order valence-corrected chi connectivity index (χ0v) is 16.9. The van der Waals surface area contributed by atoms with E-state index in [0.717, 1.165) is 35.7 Å². The van der Waals surface area contributed by atoms with Crippen LogP contribution < -0.4 is 5.32 Å². The molecule has 5 heteroatoms. The van der Waals surface area contributed by atoms with Gasteiger partial charge in [-0.1, -0.05) is 41.9 Å². The minimum Gasteiger partial charge on any atom is -0.326 e. The van der Waals surface area contributed by atoms with E-state index in [1.807, 2.05) is 48.2 Å². The number of nitrogens with one attached hydrogen (secondary N) is 1. The standard InChI is InChI=1S/C22H25ClN2OS/c23-21-4-2-1-3-18(21)19-15-20(19)22(26)24-17-7-5-16(6-8-17)9-10-25-11-13-27-14-12-25/h1-8,19-20H,9-15H2,(H,24,26). The highest BCUT2D eigenvalue weighted by Crippen LogP contribution is 2.49. The summed E-state index contributed by atoms with van der Waals surface area (Å²) in [5.74, 6) is 2.88. The Morgan fingerprint density at radius 3 is 2.59 bits per heavy atom. The van der Waals surface area contributed by atoms with Gasteiger partial charge in [-0.3, -0.25) is 4.79 Å². The molecule has 1 aliphatic carbocycles. The van der Waals surface area contributed by atoms with Crippen molar-refractivity contribution in [2.24, 2.45) is 5.92 Å². The number of benzene rings is 2. The van der Waals surface area contributed by atoms with Crippen LogP contribution in [0.5, 0.6) is 0 Å². The number of amides is 1. The van der Waals surface area contributed by atoms with Crippen LogP contribution in [-0.2, 0) is 11.2 Å². The molecule has 1 amide bonds. The minimum absolute atomic E-state index is 0.0292. The van der Waals surface area contributed by atoms with E-state index >= 15 is 0 Å². The zero-order valence-electron chi connectivity index (χ0n) is 15.4. The summed E-state index contributed by atoms with van der Waals surface area (Å²) in [4.78, 5) is 15.1. The van der Waals surface area contributed by atoms with E-state index in [1.54, 1.807) is 0 Å². The van der Waals surface area contributed by atoms with E-state index in [2.05, 4.69) is 22.3 Å². The van der Waals surface area contributed by atoms with Crippen molar-refractivity contribution in [1.29, 1.82) is 0 Å². The first-order chi connectivity index (χ1) is 13.2. The molecule has 0 bridgehead atoms. The lowest BCUT2D eigenvalue weighted by atomic mass is 10.1. The summed E-state index contributed by atoms with van der Waals surface area (Å²) < 4.78 is 0. The highest BCUT2D eigenvalue weighted by molar-refractivity contribution is 7.99. The van der Waals surface area contributed by atoms with Crippen LogP contribution >= 0.6 is 23.4 Å². The van der Waals surface area contributed by atoms with Gasteiger partial charge in [-0.05, 0) is 48.1 Å². The summed E-state index contributed by atoms with van der Waals surface area (Å²) in [6.45, 7) is 3.52. The lowest BCUT2D eigenvalue weighted by Gasteiger charge is -2.26. The number of hydrogen-bond donors (Lipinski definition) is 1. The van der Waals surface area contributed by atoms with Gasteiger partial charge in [0.2, 0.25) is 5.91 Å². The van der Waals surface area contributed by atoms with Crippen LogP contribution in [0, 0.1) is 5.92 Å². The van der Waals surface area contributed by atoms with E-state index in [0.29, 0.717) is 0 Å². The van der Waals surface area contributed by atoms with Gasteiger partial charge in [-0.2, -0.15) is 11.8 Å². The number of carbonyl (C=O) groups excluding carboxylic acids is 1. The fraction of sp³-hybridized carbons (Fsp3) is 0.409. The third-order valence-corrected chi connectivity index (χ3v) is 6.76. The molecule has 27 heavy (non-hydrogen) atoms. The molecule has 0 spiro atoms. The molecule has 1 saturated carbocycles.